The van der Waals surface area contributed by atoms with Gasteiger partial charge in [0.05, 0.1) is 0 Å². The number of rotatable bonds is 2. The number of nitrogens with one attached hydrogen (secondary N) is 1. The monoisotopic (exact) mass is 204 g/mol. The molecule has 0 amide bonds. The molecule has 0 aromatic heterocycles. The minimum atomic E-state index is 0.684. The quantitative estimate of drug-likeness (QED) is 0.572. The number of aryl methyl sites for hydroxylation is 2. The summed E-state index contributed by atoms with van der Waals surface area (Å²) in [5.74, 6) is 0. The molecule has 3 N–H and O–H groups in total. The molecule has 0 fully saturated rings. The van der Waals surface area contributed by atoms with Gasteiger partial charge in [-0.25, -0.2) is 0 Å². The fourth-order valence-corrected chi connectivity index (χ4v) is 2.42. The van der Waals surface area contributed by atoms with Crippen LogP contribution in [0.2, 0.25) is 0 Å². The van der Waals surface area contributed by atoms with Gasteiger partial charge >= 0.3 is 0 Å². The normalized spacial score (nSPS) is 20.7. The lowest BCUT2D eigenvalue weighted by Gasteiger charge is -2.13. The SMILES string of the molecule is CCNC1CCc2ccc(N)cc2CC1. The van der Waals surface area contributed by atoms with Crippen LogP contribution in [-0.4, -0.2) is 12.6 Å². The molecule has 2 rings (SSSR count). The van der Waals surface area contributed by atoms with Crippen LogP contribution in [0.15, 0.2) is 18.2 Å². The van der Waals surface area contributed by atoms with Crippen LogP contribution in [0.3, 0.4) is 0 Å². The van der Waals surface area contributed by atoms with Crippen LogP contribution in [-0.2, 0) is 12.8 Å². The van der Waals surface area contributed by atoms with Crippen molar-refractivity contribution in [2.24, 2.45) is 0 Å². The van der Waals surface area contributed by atoms with Crippen molar-refractivity contribution in [3.63, 3.8) is 0 Å². The summed E-state index contributed by atoms with van der Waals surface area (Å²) in [6.07, 6.45) is 4.85. The summed E-state index contributed by atoms with van der Waals surface area (Å²) in [4.78, 5) is 0. The van der Waals surface area contributed by atoms with Crippen LogP contribution >= 0.6 is 0 Å². The summed E-state index contributed by atoms with van der Waals surface area (Å²) < 4.78 is 0. The lowest BCUT2D eigenvalue weighted by molar-refractivity contribution is 0.476. The van der Waals surface area contributed by atoms with E-state index in [1.54, 1.807) is 0 Å². The first kappa shape index (κ1) is 10.5. The molecule has 2 nitrogen and oxygen atoms in total. The molecule has 1 aromatic carbocycles. The number of benzene rings is 1. The van der Waals surface area contributed by atoms with E-state index in [0.29, 0.717) is 6.04 Å². The van der Waals surface area contributed by atoms with E-state index in [0.717, 1.165) is 18.7 Å². The molecule has 15 heavy (non-hydrogen) atoms. The molecule has 1 aliphatic carbocycles. The third-order valence-electron chi connectivity index (χ3n) is 3.25. The molecule has 0 heterocycles. The molecule has 0 radical (unpaired) electrons. The molecule has 0 bridgehead atoms. The first-order valence-electron chi connectivity index (χ1n) is 5.90. The van der Waals surface area contributed by atoms with Crippen LogP contribution in [0.1, 0.15) is 30.9 Å². The van der Waals surface area contributed by atoms with Gasteiger partial charge in [-0.3, -0.25) is 0 Å². The number of hydrogen-bond acceptors (Lipinski definition) is 2. The van der Waals surface area contributed by atoms with Gasteiger partial charge in [0.15, 0.2) is 0 Å². The first-order chi connectivity index (χ1) is 7.29. The van der Waals surface area contributed by atoms with Gasteiger partial charge in [0.2, 0.25) is 0 Å². The smallest absolute Gasteiger partial charge is 0.0316 e. The Morgan fingerprint density at radius 2 is 2.00 bits per heavy atom. The third kappa shape index (κ3) is 2.51. The topological polar surface area (TPSA) is 38.0 Å². The average molecular weight is 204 g/mol. The van der Waals surface area contributed by atoms with Crippen LogP contribution in [0.25, 0.3) is 0 Å². The fourth-order valence-electron chi connectivity index (χ4n) is 2.42. The molecule has 0 aliphatic heterocycles. The van der Waals surface area contributed by atoms with E-state index in [-0.39, 0.29) is 0 Å². The number of fused-ring (bicyclic) bond motifs is 1. The molecule has 1 aromatic rings. The van der Waals surface area contributed by atoms with E-state index < -0.39 is 0 Å². The summed E-state index contributed by atoms with van der Waals surface area (Å²) in [6.45, 7) is 3.25. The standard InChI is InChI=1S/C13H20N2/c1-2-15-13-7-4-10-3-6-12(14)9-11(10)5-8-13/h3,6,9,13,15H,2,4-5,7-8,14H2,1H3. The zero-order valence-electron chi connectivity index (χ0n) is 9.42. The Kier molecular flexibility index (Phi) is 3.27. The maximum absolute atomic E-state index is 5.81. The van der Waals surface area contributed by atoms with Gasteiger partial charge in [-0.1, -0.05) is 13.0 Å². The predicted molar refractivity (Wildman–Crippen MR) is 65.0 cm³/mol. The maximum Gasteiger partial charge on any atom is 0.0316 e. The second-order valence-electron chi connectivity index (χ2n) is 4.36. The molecule has 1 aliphatic rings. The second kappa shape index (κ2) is 4.67. The van der Waals surface area contributed by atoms with Crippen molar-refractivity contribution < 1.29 is 0 Å². The number of nitrogen functional groups attached to an aromatic ring is 1. The van der Waals surface area contributed by atoms with Gasteiger partial charge in [-0.2, -0.15) is 0 Å². The van der Waals surface area contributed by atoms with Crippen molar-refractivity contribution in [2.75, 3.05) is 12.3 Å². The van der Waals surface area contributed by atoms with E-state index in [2.05, 4.69) is 24.4 Å². The third-order valence-corrected chi connectivity index (χ3v) is 3.25. The lowest BCUT2D eigenvalue weighted by atomic mass is 10.0. The van der Waals surface area contributed by atoms with Crippen molar-refractivity contribution in [1.82, 2.24) is 5.32 Å². The first-order valence-corrected chi connectivity index (χ1v) is 5.90. The Labute approximate surface area is 91.9 Å². The van der Waals surface area contributed by atoms with Gasteiger partial charge in [-0.15, -0.1) is 0 Å². The van der Waals surface area contributed by atoms with Crippen molar-refractivity contribution in [3.05, 3.63) is 29.3 Å². The molecule has 2 heteroatoms. The summed E-state index contributed by atoms with van der Waals surface area (Å²) in [6, 6.07) is 7.04. The van der Waals surface area contributed by atoms with Gasteiger partial charge in [0.25, 0.3) is 0 Å². The zero-order valence-corrected chi connectivity index (χ0v) is 9.42. The van der Waals surface area contributed by atoms with Gasteiger partial charge in [0.1, 0.15) is 0 Å². The van der Waals surface area contributed by atoms with Crippen molar-refractivity contribution >= 4 is 5.69 Å². The Balaban J connectivity index is 2.11. The average Bonchev–Trinajstić information content (AvgIpc) is 2.42. The highest BCUT2D eigenvalue weighted by Gasteiger charge is 2.14. The highest BCUT2D eigenvalue weighted by atomic mass is 14.9. The van der Waals surface area contributed by atoms with Crippen molar-refractivity contribution in [1.29, 1.82) is 0 Å². The summed E-state index contributed by atoms with van der Waals surface area (Å²) in [7, 11) is 0. The van der Waals surface area contributed by atoms with Crippen LogP contribution in [0, 0.1) is 0 Å². The number of hydrogen-bond donors (Lipinski definition) is 2. The molecule has 0 spiro atoms. The highest BCUT2D eigenvalue weighted by Crippen LogP contribution is 2.22. The van der Waals surface area contributed by atoms with Crippen molar-refractivity contribution in [2.45, 2.75) is 38.6 Å². The molecular weight excluding hydrogens is 184 g/mol. The molecule has 1 atom stereocenters. The highest BCUT2D eigenvalue weighted by molar-refractivity contribution is 5.45. The number of anilines is 1. The Morgan fingerprint density at radius 1 is 1.27 bits per heavy atom. The van der Waals surface area contributed by atoms with E-state index in [1.165, 1.54) is 30.4 Å². The number of nitrogens with two attached hydrogens (primary N) is 1. The predicted octanol–water partition coefficient (Wildman–Crippen LogP) is 2.13. The Bertz CT molecular complexity index is 333. The van der Waals surface area contributed by atoms with Crippen molar-refractivity contribution in [3.8, 4) is 0 Å². The summed E-state index contributed by atoms with van der Waals surface area (Å²) in [5.41, 5.74) is 9.65. The molecule has 0 saturated heterocycles. The molecule has 0 saturated carbocycles. The maximum atomic E-state index is 5.81. The summed E-state index contributed by atoms with van der Waals surface area (Å²) in [5, 5.41) is 3.54. The van der Waals surface area contributed by atoms with Crippen LogP contribution in [0.5, 0.6) is 0 Å². The van der Waals surface area contributed by atoms with Gasteiger partial charge < -0.3 is 11.1 Å². The van der Waals surface area contributed by atoms with Gasteiger partial charge in [0, 0.05) is 11.7 Å². The Morgan fingerprint density at radius 3 is 2.73 bits per heavy atom. The lowest BCUT2D eigenvalue weighted by Crippen LogP contribution is -2.28. The molecule has 82 valence electrons. The van der Waals surface area contributed by atoms with E-state index in [1.807, 2.05) is 6.07 Å². The summed E-state index contributed by atoms with van der Waals surface area (Å²) >= 11 is 0. The van der Waals surface area contributed by atoms with Crippen LogP contribution < -0.4 is 11.1 Å². The Hall–Kier alpha value is -1.02. The zero-order chi connectivity index (χ0) is 10.7. The van der Waals surface area contributed by atoms with E-state index >= 15 is 0 Å². The minimum absolute atomic E-state index is 0.684. The van der Waals surface area contributed by atoms with Crippen LogP contribution in [0.4, 0.5) is 5.69 Å². The second-order valence-corrected chi connectivity index (χ2v) is 4.36. The molecular formula is C13H20N2. The minimum Gasteiger partial charge on any atom is -0.399 e. The van der Waals surface area contributed by atoms with E-state index in [4.69, 9.17) is 5.73 Å². The molecule has 1 unspecified atom stereocenters. The fraction of sp³-hybridized carbons (Fsp3) is 0.538. The largest absolute Gasteiger partial charge is 0.399 e. The van der Waals surface area contributed by atoms with E-state index in [9.17, 15) is 0 Å². The van der Waals surface area contributed by atoms with Gasteiger partial charge in [-0.05, 0) is 55.5 Å².